The molecule has 0 atom stereocenters. The third-order valence-corrected chi connectivity index (χ3v) is 5.41. The number of benzene rings is 1. The van der Waals surface area contributed by atoms with E-state index in [1.54, 1.807) is 49.7 Å². The van der Waals surface area contributed by atoms with Gasteiger partial charge < -0.3 is 20.1 Å². The molecule has 0 spiro atoms. The quantitative estimate of drug-likeness (QED) is 0.400. The van der Waals surface area contributed by atoms with Crippen molar-refractivity contribution in [1.29, 1.82) is 0 Å². The van der Waals surface area contributed by atoms with E-state index >= 15 is 0 Å². The van der Waals surface area contributed by atoms with Crippen LogP contribution in [-0.4, -0.2) is 31.7 Å². The Kier molecular flexibility index (Phi) is 5.96. The van der Waals surface area contributed by atoms with Crippen molar-refractivity contribution in [3.63, 3.8) is 0 Å². The van der Waals surface area contributed by atoms with E-state index in [1.165, 1.54) is 6.33 Å². The summed E-state index contributed by atoms with van der Waals surface area (Å²) < 4.78 is 13.1. The van der Waals surface area contributed by atoms with Crippen LogP contribution in [0.25, 0.3) is 5.52 Å². The molecule has 10 heteroatoms. The lowest BCUT2D eigenvalue weighted by molar-refractivity contribution is -0.143. The molecule has 1 aromatic carbocycles. The topological polar surface area (TPSA) is 89.8 Å². The highest BCUT2D eigenvalue weighted by Gasteiger charge is 2.26. The third-order valence-electron chi connectivity index (χ3n) is 4.88. The first-order chi connectivity index (χ1) is 15.1. The summed E-state index contributed by atoms with van der Waals surface area (Å²) >= 11 is 11.7. The Morgan fingerprint density at radius 1 is 1.31 bits per heavy atom. The van der Waals surface area contributed by atoms with Crippen molar-refractivity contribution in [2.45, 2.75) is 46.6 Å². The molecule has 2 aromatic heterocycles. The van der Waals surface area contributed by atoms with Crippen LogP contribution >= 0.6 is 23.8 Å². The van der Waals surface area contributed by atoms with Gasteiger partial charge in [-0.15, -0.1) is 0 Å². The second-order valence-corrected chi connectivity index (χ2v) is 9.55. The third kappa shape index (κ3) is 4.94. The van der Waals surface area contributed by atoms with Crippen LogP contribution in [0.4, 0.5) is 5.69 Å². The zero-order valence-electron chi connectivity index (χ0n) is 18.2. The summed E-state index contributed by atoms with van der Waals surface area (Å²) in [5, 5.41) is 11.5. The number of halogens is 1. The van der Waals surface area contributed by atoms with Gasteiger partial charge in [0.25, 0.3) is 0 Å². The molecule has 0 unspecified atom stereocenters. The van der Waals surface area contributed by atoms with Crippen LogP contribution in [0.5, 0.6) is 17.4 Å². The number of carbonyl (C=O) groups excluding carboxylic acids is 1. The molecule has 2 heterocycles. The molecule has 1 fully saturated rings. The number of thiocarbonyl (C=S) groups is 1. The van der Waals surface area contributed by atoms with E-state index in [1.807, 2.05) is 6.92 Å². The summed E-state index contributed by atoms with van der Waals surface area (Å²) in [6.07, 6.45) is 5.27. The molecule has 0 amide bonds. The molecule has 2 N–H and O–H groups in total. The minimum atomic E-state index is -0.630. The highest BCUT2D eigenvalue weighted by molar-refractivity contribution is 7.80. The number of hydrogen-bond acceptors (Lipinski definition) is 6. The number of hydrogen-bond donors (Lipinski definition) is 2. The Hall–Kier alpha value is -2.91. The number of ether oxygens (including phenoxy) is 2. The van der Waals surface area contributed by atoms with E-state index in [9.17, 15) is 4.79 Å². The summed E-state index contributed by atoms with van der Waals surface area (Å²) in [5.41, 5.74) is 1.34. The molecular formula is C22H24ClN5O3S. The molecule has 168 valence electrons. The molecule has 1 aliphatic rings. The summed E-state index contributed by atoms with van der Waals surface area (Å²) in [4.78, 5) is 16.6. The fourth-order valence-corrected chi connectivity index (χ4v) is 3.37. The highest BCUT2D eigenvalue weighted by atomic mass is 35.5. The first-order valence-corrected chi connectivity index (χ1v) is 11.0. The Morgan fingerprint density at radius 2 is 2.06 bits per heavy atom. The number of fused-ring (bicyclic) bond motifs is 1. The maximum absolute atomic E-state index is 12.3. The SMILES string of the molecule is Cc1c(OC(=O)C(C)(C)C)cn2ncnc(Oc3ccc(NC(=S)NC4CC4)c(Cl)c3)c12. The van der Waals surface area contributed by atoms with Crippen LogP contribution in [0.15, 0.2) is 30.7 Å². The van der Waals surface area contributed by atoms with Gasteiger partial charge in [0.05, 0.1) is 22.3 Å². The second-order valence-electron chi connectivity index (χ2n) is 8.73. The zero-order chi connectivity index (χ0) is 23.0. The van der Waals surface area contributed by atoms with E-state index < -0.39 is 5.41 Å². The van der Waals surface area contributed by atoms with E-state index in [0.29, 0.717) is 50.3 Å². The predicted octanol–water partition coefficient (Wildman–Crippen LogP) is 4.88. The lowest BCUT2D eigenvalue weighted by Crippen LogP contribution is -2.30. The van der Waals surface area contributed by atoms with Gasteiger partial charge in [-0.3, -0.25) is 4.79 Å². The number of aryl methyl sites for hydroxylation is 1. The maximum Gasteiger partial charge on any atom is 0.316 e. The van der Waals surface area contributed by atoms with E-state index in [0.717, 1.165) is 12.8 Å². The van der Waals surface area contributed by atoms with E-state index in [4.69, 9.17) is 33.3 Å². The Morgan fingerprint density at radius 3 is 2.72 bits per heavy atom. The normalized spacial score (nSPS) is 13.7. The number of anilines is 1. The van der Waals surface area contributed by atoms with Crippen molar-refractivity contribution in [3.8, 4) is 17.4 Å². The standard InChI is InChI=1S/C22H24ClN5O3S/c1-12-17(31-20(29)22(2,3)4)10-28-18(12)19(24-11-25-28)30-14-7-8-16(15(23)9-14)27-21(32)26-13-5-6-13/h7-11,13H,5-6H2,1-4H3,(H2,26,27,32). The van der Waals surface area contributed by atoms with Gasteiger partial charge in [-0.2, -0.15) is 10.1 Å². The minimum Gasteiger partial charge on any atom is -0.437 e. The Bertz CT molecular complexity index is 1200. The Labute approximate surface area is 196 Å². The zero-order valence-corrected chi connectivity index (χ0v) is 19.8. The maximum atomic E-state index is 12.3. The van der Waals surface area contributed by atoms with Crippen molar-refractivity contribution in [2.24, 2.45) is 5.41 Å². The number of nitrogens with one attached hydrogen (secondary N) is 2. The van der Waals surface area contributed by atoms with Crippen LogP contribution in [0, 0.1) is 12.3 Å². The minimum absolute atomic E-state index is 0.318. The smallest absolute Gasteiger partial charge is 0.316 e. The van der Waals surface area contributed by atoms with Crippen molar-refractivity contribution in [3.05, 3.63) is 41.3 Å². The molecule has 32 heavy (non-hydrogen) atoms. The molecule has 8 nitrogen and oxygen atoms in total. The van der Waals surface area contributed by atoms with Gasteiger partial charge in [0.15, 0.2) is 10.9 Å². The second kappa shape index (κ2) is 8.55. The summed E-state index contributed by atoms with van der Waals surface area (Å²) in [6.45, 7) is 7.22. The molecule has 1 aliphatic carbocycles. The number of esters is 1. The molecule has 0 saturated heterocycles. The largest absolute Gasteiger partial charge is 0.437 e. The van der Waals surface area contributed by atoms with Gasteiger partial charge in [0.2, 0.25) is 5.88 Å². The molecule has 0 bridgehead atoms. The van der Waals surface area contributed by atoms with Crippen molar-refractivity contribution in [1.82, 2.24) is 19.9 Å². The molecule has 3 aromatic rings. The monoisotopic (exact) mass is 473 g/mol. The molecule has 1 saturated carbocycles. The summed E-state index contributed by atoms with van der Waals surface area (Å²) in [6, 6.07) is 5.69. The average Bonchev–Trinajstić information content (AvgIpc) is 3.46. The molecule has 0 radical (unpaired) electrons. The van der Waals surface area contributed by atoms with Gasteiger partial charge in [-0.25, -0.2) is 4.52 Å². The van der Waals surface area contributed by atoms with Gasteiger partial charge in [0, 0.05) is 17.7 Å². The van der Waals surface area contributed by atoms with Crippen LogP contribution < -0.4 is 20.1 Å². The lowest BCUT2D eigenvalue weighted by atomic mass is 9.97. The van der Waals surface area contributed by atoms with E-state index in [-0.39, 0.29) is 5.97 Å². The van der Waals surface area contributed by atoms with Crippen LogP contribution in [0.3, 0.4) is 0 Å². The van der Waals surface area contributed by atoms with Crippen molar-refractivity contribution < 1.29 is 14.3 Å². The van der Waals surface area contributed by atoms with Gasteiger partial charge in [-0.05, 0) is 64.9 Å². The van der Waals surface area contributed by atoms with Crippen LogP contribution in [0.1, 0.15) is 39.2 Å². The van der Waals surface area contributed by atoms with Gasteiger partial charge in [0.1, 0.15) is 17.6 Å². The first-order valence-electron chi connectivity index (χ1n) is 10.2. The van der Waals surface area contributed by atoms with Gasteiger partial charge in [-0.1, -0.05) is 11.6 Å². The number of rotatable bonds is 5. The van der Waals surface area contributed by atoms with Crippen molar-refractivity contribution in [2.75, 3.05) is 5.32 Å². The lowest BCUT2D eigenvalue weighted by Gasteiger charge is -2.15. The predicted molar refractivity (Wildman–Crippen MR) is 127 cm³/mol. The highest BCUT2D eigenvalue weighted by Crippen LogP contribution is 2.35. The molecular weight excluding hydrogens is 450 g/mol. The first kappa shape index (κ1) is 22.3. The van der Waals surface area contributed by atoms with Crippen molar-refractivity contribution >= 4 is 46.1 Å². The van der Waals surface area contributed by atoms with Gasteiger partial charge >= 0.3 is 5.97 Å². The fraction of sp³-hybridized carbons (Fsp3) is 0.364. The summed E-state index contributed by atoms with van der Waals surface area (Å²) in [5.74, 6) is 0.884. The van der Waals surface area contributed by atoms with Crippen LogP contribution in [-0.2, 0) is 4.79 Å². The molecule has 0 aliphatic heterocycles. The molecule has 4 rings (SSSR count). The summed E-state index contributed by atoms with van der Waals surface area (Å²) in [7, 11) is 0. The Balaban J connectivity index is 1.55. The number of aromatic nitrogens is 3. The van der Waals surface area contributed by atoms with E-state index in [2.05, 4.69) is 20.7 Å². The number of nitrogens with zero attached hydrogens (tertiary/aromatic N) is 3. The fourth-order valence-electron chi connectivity index (χ4n) is 2.88. The number of carbonyl (C=O) groups is 1. The average molecular weight is 474 g/mol. The van der Waals surface area contributed by atoms with Crippen LogP contribution in [0.2, 0.25) is 5.02 Å².